The van der Waals surface area contributed by atoms with Crippen molar-refractivity contribution in [2.75, 3.05) is 7.11 Å². The molecule has 1 N–H and O–H groups in total. The fourth-order valence-electron chi connectivity index (χ4n) is 2.54. The van der Waals surface area contributed by atoms with Crippen molar-refractivity contribution in [1.29, 1.82) is 0 Å². The van der Waals surface area contributed by atoms with Crippen LogP contribution in [0.25, 0.3) is 11.0 Å². The van der Waals surface area contributed by atoms with E-state index in [9.17, 15) is 9.90 Å². The Balaban J connectivity index is 2.15. The molecule has 0 amide bonds. The van der Waals surface area contributed by atoms with Gasteiger partial charge in [-0.3, -0.25) is 9.55 Å². The van der Waals surface area contributed by atoms with Crippen LogP contribution in [0.1, 0.15) is 27.7 Å². The minimum atomic E-state index is -1.13. The molecule has 0 unspecified atom stereocenters. The first-order chi connectivity index (χ1) is 10.7. The quantitative estimate of drug-likeness (QED) is 0.851. The van der Waals surface area contributed by atoms with Crippen LogP contribution in [0.15, 0.2) is 18.3 Å². The van der Waals surface area contributed by atoms with Gasteiger partial charge in [-0.05, 0) is 33.8 Å². The number of ether oxygens (including phenoxy) is 1. The molecule has 2 aromatic heterocycles. The molecular formula is C15H19BN2O5. The highest BCUT2D eigenvalue weighted by Gasteiger charge is 2.53. The number of methoxy groups -OCH3 is 1. The fraction of sp³-hybridized carbons (Fsp3) is 0.467. The molecule has 0 saturated carbocycles. The topological polar surface area (TPSA) is 82.8 Å². The van der Waals surface area contributed by atoms with Crippen LogP contribution in [0.2, 0.25) is 0 Å². The van der Waals surface area contributed by atoms with Crippen molar-refractivity contribution in [1.82, 2.24) is 9.55 Å². The number of fused-ring (bicyclic) bond motifs is 1. The lowest BCUT2D eigenvalue weighted by Gasteiger charge is -2.32. The van der Waals surface area contributed by atoms with Gasteiger partial charge in [-0.15, -0.1) is 0 Å². The molecule has 7 nitrogen and oxygen atoms in total. The molecule has 3 heterocycles. The number of nitrogens with zero attached hydrogens (tertiary/aromatic N) is 2. The standard InChI is InChI=1S/C15H19BN2O5/c1-14(2)15(3,4)23-16(22-14)12-7-10-11(18(12)13(19)20)6-9(21-5)8-17-10/h6-8H,1-5H3,(H,19,20). The summed E-state index contributed by atoms with van der Waals surface area (Å²) in [7, 11) is 0.725. The Morgan fingerprint density at radius 2 is 1.87 bits per heavy atom. The van der Waals surface area contributed by atoms with Gasteiger partial charge in [-0.2, -0.15) is 0 Å². The molecule has 0 radical (unpaired) electrons. The molecule has 0 atom stereocenters. The molecule has 2 aromatic rings. The maximum atomic E-state index is 11.8. The van der Waals surface area contributed by atoms with Crippen LogP contribution in [0, 0.1) is 0 Å². The second kappa shape index (κ2) is 4.97. The number of rotatable bonds is 2. The maximum absolute atomic E-state index is 11.8. The Morgan fingerprint density at radius 1 is 1.26 bits per heavy atom. The molecule has 0 bridgehead atoms. The number of pyridine rings is 1. The predicted molar refractivity (Wildman–Crippen MR) is 85.4 cm³/mol. The summed E-state index contributed by atoms with van der Waals surface area (Å²) in [6, 6.07) is 3.30. The molecular weight excluding hydrogens is 299 g/mol. The highest BCUT2D eigenvalue weighted by Crippen LogP contribution is 2.36. The zero-order valence-electron chi connectivity index (χ0n) is 13.8. The summed E-state index contributed by atoms with van der Waals surface area (Å²) in [5, 5.41) is 9.62. The van der Waals surface area contributed by atoms with E-state index in [1.54, 1.807) is 18.3 Å². The van der Waals surface area contributed by atoms with Crippen molar-refractivity contribution in [2.24, 2.45) is 0 Å². The van der Waals surface area contributed by atoms with Crippen molar-refractivity contribution in [2.45, 2.75) is 38.9 Å². The number of carbonyl (C=O) groups is 1. The van der Waals surface area contributed by atoms with Gasteiger partial charge in [0.2, 0.25) is 0 Å². The lowest BCUT2D eigenvalue weighted by atomic mass is 9.84. The van der Waals surface area contributed by atoms with Crippen molar-refractivity contribution >= 4 is 29.8 Å². The summed E-state index contributed by atoms with van der Waals surface area (Å²) < 4.78 is 18.2. The monoisotopic (exact) mass is 318 g/mol. The summed E-state index contributed by atoms with van der Waals surface area (Å²) >= 11 is 0. The molecule has 122 valence electrons. The molecule has 1 aliphatic heterocycles. The van der Waals surface area contributed by atoms with Crippen LogP contribution in [-0.4, -0.2) is 46.2 Å². The molecule has 1 fully saturated rings. The van der Waals surface area contributed by atoms with E-state index in [1.165, 1.54) is 7.11 Å². The third-order valence-corrected chi connectivity index (χ3v) is 4.58. The average Bonchev–Trinajstić information content (AvgIpc) is 2.93. The van der Waals surface area contributed by atoms with Gasteiger partial charge in [-0.1, -0.05) is 0 Å². The van der Waals surface area contributed by atoms with Crippen LogP contribution in [0.4, 0.5) is 4.79 Å². The normalized spacial score (nSPS) is 19.3. The van der Waals surface area contributed by atoms with Crippen molar-refractivity contribution in [3.05, 3.63) is 18.3 Å². The van der Waals surface area contributed by atoms with Crippen molar-refractivity contribution < 1.29 is 23.9 Å². The summed E-state index contributed by atoms with van der Waals surface area (Å²) in [6.07, 6.45) is 0.419. The van der Waals surface area contributed by atoms with Gasteiger partial charge in [0.05, 0.1) is 41.1 Å². The first-order valence-corrected chi connectivity index (χ1v) is 7.30. The molecule has 0 spiro atoms. The van der Waals surface area contributed by atoms with E-state index >= 15 is 0 Å². The zero-order chi connectivity index (χ0) is 17.0. The zero-order valence-corrected chi connectivity index (χ0v) is 13.8. The highest BCUT2D eigenvalue weighted by molar-refractivity contribution is 6.62. The van der Waals surface area contributed by atoms with Crippen LogP contribution >= 0.6 is 0 Å². The largest absolute Gasteiger partial charge is 0.513 e. The first-order valence-electron chi connectivity index (χ1n) is 7.30. The minimum Gasteiger partial charge on any atom is -0.495 e. The molecule has 3 rings (SSSR count). The van der Waals surface area contributed by atoms with Crippen molar-refractivity contribution in [3.63, 3.8) is 0 Å². The Labute approximate surface area is 134 Å². The van der Waals surface area contributed by atoms with Gasteiger partial charge in [0.25, 0.3) is 0 Å². The van der Waals surface area contributed by atoms with Gasteiger partial charge in [-0.25, -0.2) is 4.79 Å². The van der Waals surface area contributed by atoms with E-state index in [4.69, 9.17) is 14.0 Å². The summed E-state index contributed by atoms with van der Waals surface area (Å²) in [5.74, 6) is 0.485. The van der Waals surface area contributed by atoms with E-state index in [0.717, 1.165) is 4.57 Å². The Hall–Kier alpha value is -2.06. The fourth-order valence-corrected chi connectivity index (χ4v) is 2.54. The van der Waals surface area contributed by atoms with E-state index in [-0.39, 0.29) is 0 Å². The van der Waals surface area contributed by atoms with Crippen LogP contribution in [-0.2, 0) is 9.31 Å². The molecule has 8 heteroatoms. The van der Waals surface area contributed by atoms with Gasteiger partial charge < -0.3 is 19.2 Å². The Bertz CT molecular complexity index is 768. The molecule has 1 aliphatic rings. The number of carboxylic acid groups (broad SMARTS) is 1. The number of hydrogen-bond donors (Lipinski definition) is 1. The summed E-state index contributed by atoms with van der Waals surface area (Å²) in [4.78, 5) is 16.0. The molecule has 1 saturated heterocycles. The summed E-state index contributed by atoms with van der Waals surface area (Å²) in [5.41, 5.74) is 0.261. The van der Waals surface area contributed by atoms with E-state index in [0.29, 0.717) is 22.4 Å². The van der Waals surface area contributed by atoms with E-state index < -0.39 is 24.4 Å². The van der Waals surface area contributed by atoms with Gasteiger partial charge in [0.15, 0.2) is 0 Å². The Morgan fingerprint density at radius 3 is 2.39 bits per heavy atom. The number of hydrogen-bond acceptors (Lipinski definition) is 5. The van der Waals surface area contributed by atoms with Crippen molar-refractivity contribution in [3.8, 4) is 5.75 Å². The number of aromatic nitrogens is 2. The third kappa shape index (κ3) is 2.38. The maximum Gasteiger partial charge on any atom is 0.513 e. The lowest BCUT2D eigenvalue weighted by Crippen LogP contribution is -2.41. The predicted octanol–water partition coefficient (Wildman–Crippen LogP) is 1.87. The Kier molecular flexibility index (Phi) is 3.42. The van der Waals surface area contributed by atoms with E-state index in [2.05, 4.69) is 4.98 Å². The second-order valence-electron chi connectivity index (χ2n) is 6.55. The smallest absolute Gasteiger partial charge is 0.495 e. The van der Waals surface area contributed by atoms with Gasteiger partial charge in [0, 0.05) is 6.07 Å². The molecule has 0 aliphatic carbocycles. The van der Waals surface area contributed by atoms with Gasteiger partial charge in [0.1, 0.15) is 5.75 Å². The third-order valence-electron chi connectivity index (χ3n) is 4.58. The minimum absolute atomic E-state index is 0.395. The molecule has 23 heavy (non-hydrogen) atoms. The average molecular weight is 318 g/mol. The molecule has 0 aromatic carbocycles. The van der Waals surface area contributed by atoms with Crippen LogP contribution in [0.3, 0.4) is 0 Å². The first kappa shape index (κ1) is 15.8. The van der Waals surface area contributed by atoms with Gasteiger partial charge >= 0.3 is 13.2 Å². The van der Waals surface area contributed by atoms with Crippen LogP contribution < -0.4 is 10.3 Å². The highest BCUT2D eigenvalue weighted by atomic mass is 16.7. The van der Waals surface area contributed by atoms with Crippen LogP contribution in [0.5, 0.6) is 5.75 Å². The van der Waals surface area contributed by atoms with E-state index in [1.807, 2.05) is 27.7 Å². The second-order valence-corrected chi connectivity index (χ2v) is 6.55. The SMILES string of the molecule is COc1cnc2cc(B3OC(C)(C)C(C)(C)O3)n(C(=O)O)c2c1. The lowest BCUT2D eigenvalue weighted by molar-refractivity contribution is 0.00578. The summed E-state index contributed by atoms with van der Waals surface area (Å²) in [6.45, 7) is 7.67.